The van der Waals surface area contributed by atoms with E-state index in [-0.39, 0.29) is 5.82 Å². The number of hydrogen-bond acceptors (Lipinski definition) is 3. The Morgan fingerprint density at radius 1 is 1.36 bits per heavy atom. The SMILES string of the molecule is CCn1c(CN2CCO[C@H]3CCC[C@H]32)nc2cc(F)ccc21. The maximum Gasteiger partial charge on any atom is 0.125 e. The van der Waals surface area contributed by atoms with Crippen LogP contribution >= 0.6 is 0 Å². The third kappa shape index (κ3) is 2.32. The molecule has 118 valence electrons. The minimum absolute atomic E-state index is 0.220. The standard InChI is InChI=1S/C17H22FN3O/c1-2-21-14-7-6-12(18)10-13(14)19-17(21)11-20-8-9-22-16-5-3-4-15(16)20/h6-7,10,15-16H,2-5,8-9,11H2,1H3/t15-,16+/m1/s1. The molecule has 22 heavy (non-hydrogen) atoms. The Balaban J connectivity index is 1.65. The lowest BCUT2D eigenvalue weighted by Gasteiger charge is -2.37. The van der Waals surface area contributed by atoms with Crippen LogP contribution in [-0.2, 0) is 17.8 Å². The summed E-state index contributed by atoms with van der Waals surface area (Å²) in [4.78, 5) is 7.20. The Morgan fingerprint density at radius 3 is 3.14 bits per heavy atom. The predicted molar refractivity (Wildman–Crippen MR) is 83.2 cm³/mol. The summed E-state index contributed by atoms with van der Waals surface area (Å²) >= 11 is 0. The van der Waals surface area contributed by atoms with E-state index in [1.165, 1.54) is 31.4 Å². The molecule has 1 aliphatic carbocycles. The number of rotatable bonds is 3. The van der Waals surface area contributed by atoms with Crippen LogP contribution < -0.4 is 0 Å². The molecule has 1 saturated heterocycles. The van der Waals surface area contributed by atoms with Gasteiger partial charge < -0.3 is 9.30 Å². The average Bonchev–Trinajstić information content (AvgIpc) is 3.11. The fraction of sp³-hybridized carbons (Fsp3) is 0.588. The topological polar surface area (TPSA) is 30.3 Å². The third-order valence-corrected chi connectivity index (χ3v) is 5.05. The zero-order valence-corrected chi connectivity index (χ0v) is 13.0. The summed E-state index contributed by atoms with van der Waals surface area (Å²) in [6.45, 7) is 5.57. The molecule has 2 heterocycles. The molecule has 2 atom stereocenters. The molecule has 0 amide bonds. The van der Waals surface area contributed by atoms with Crippen LogP contribution in [0.5, 0.6) is 0 Å². The van der Waals surface area contributed by atoms with E-state index in [0.29, 0.717) is 12.1 Å². The number of aromatic nitrogens is 2. The van der Waals surface area contributed by atoms with Gasteiger partial charge in [-0.25, -0.2) is 9.37 Å². The van der Waals surface area contributed by atoms with Crippen LogP contribution in [0.2, 0.25) is 0 Å². The van der Waals surface area contributed by atoms with Gasteiger partial charge in [0, 0.05) is 25.2 Å². The summed E-state index contributed by atoms with van der Waals surface area (Å²) in [5, 5.41) is 0. The smallest absolute Gasteiger partial charge is 0.125 e. The molecular weight excluding hydrogens is 281 g/mol. The lowest BCUT2D eigenvalue weighted by molar-refractivity contribution is -0.0598. The number of imidazole rings is 1. The average molecular weight is 303 g/mol. The van der Waals surface area contributed by atoms with E-state index in [1.54, 1.807) is 0 Å². The van der Waals surface area contributed by atoms with Crippen molar-refractivity contribution in [3.8, 4) is 0 Å². The maximum absolute atomic E-state index is 13.4. The highest BCUT2D eigenvalue weighted by Crippen LogP contribution is 2.31. The molecule has 5 heteroatoms. The number of ether oxygens (including phenoxy) is 1. The van der Waals surface area contributed by atoms with Gasteiger partial charge >= 0.3 is 0 Å². The molecule has 1 aromatic carbocycles. The monoisotopic (exact) mass is 303 g/mol. The molecule has 4 rings (SSSR count). The molecule has 1 aliphatic heterocycles. The van der Waals surface area contributed by atoms with Crippen LogP contribution in [-0.4, -0.2) is 39.7 Å². The molecule has 0 bridgehead atoms. The van der Waals surface area contributed by atoms with Gasteiger partial charge in [-0.15, -0.1) is 0 Å². The number of benzene rings is 1. The van der Waals surface area contributed by atoms with Crippen molar-refractivity contribution in [3.05, 3.63) is 29.8 Å². The van der Waals surface area contributed by atoms with Crippen molar-refractivity contribution in [2.24, 2.45) is 0 Å². The zero-order chi connectivity index (χ0) is 15.1. The van der Waals surface area contributed by atoms with Crippen molar-refractivity contribution < 1.29 is 9.13 Å². The Labute approximate surface area is 129 Å². The van der Waals surface area contributed by atoms with Crippen LogP contribution in [0.15, 0.2) is 18.2 Å². The molecule has 2 fully saturated rings. The van der Waals surface area contributed by atoms with Crippen molar-refractivity contribution in [3.63, 3.8) is 0 Å². The van der Waals surface area contributed by atoms with Gasteiger partial charge in [-0.2, -0.15) is 0 Å². The zero-order valence-electron chi connectivity index (χ0n) is 13.0. The summed E-state index contributed by atoms with van der Waals surface area (Å²) in [6.07, 6.45) is 4.04. The van der Waals surface area contributed by atoms with Crippen LogP contribution in [0.1, 0.15) is 32.0 Å². The fourth-order valence-corrected chi connectivity index (χ4v) is 4.01. The molecule has 1 saturated carbocycles. The maximum atomic E-state index is 13.4. The van der Waals surface area contributed by atoms with E-state index in [2.05, 4.69) is 16.4 Å². The highest BCUT2D eigenvalue weighted by molar-refractivity contribution is 5.76. The third-order valence-electron chi connectivity index (χ3n) is 5.05. The van der Waals surface area contributed by atoms with E-state index < -0.39 is 0 Å². The van der Waals surface area contributed by atoms with Crippen molar-refractivity contribution >= 4 is 11.0 Å². The molecule has 4 nitrogen and oxygen atoms in total. The molecule has 0 radical (unpaired) electrons. The van der Waals surface area contributed by atoms with Crippen LogP contribution in [0.25, 0.3) is 11.0 Å². The van der Waals surface area contributed by atoms with Gasteiger partial charge in [-0.3, -0.25) is 4.90 Å². The van der Waals surface area contributed by atoms with E-state index in [1.807, 2.05) is 6.07 Å². The number of morpholine rings is 1. The minimum atomic E-state index is -0.220. The van der Waals surface area contributed by atoms with Gasteiger partial charge in [0.25, 0.3) is 0 Å². The lowest BCUT2D eigenvalue weighted by atomic mass is 10.1. The van der Waals surface area contributed by atoms with Gasteiger partial charge in [0.2, 0.25) is 0 Å². The van der Waals surface area contributed by atoms with E-state index in [0.717, 1.165) is 43.1 Å². The normalized spacial score (nSPS) is 25.7. The second kappa shape index (κ2) is 5.63. The first kappa shape index (κ1) is 14.2. The van der Waals surface area contributed by atoms with Gasteiger partial charge in [0.1, 0.15) is 11.6 Å². The molecule has 0 N–H and O–H groups in total. The summed E-state index contributed by atoms with van der Waals surface area (Å²) in [6, 6.07) is 5.41. The highest BCUT2D eigenvalue weighted by atomic mass is 19.1. The molecule has 2 aliphatic rings. The van der Waals surface area contributed by atoms with E-state index in [4.69, 9.17) is 9.72 Å². The van der Waals surface area contributed by atoms with E-state index >= 15 is 0 Å². The fourth-order valence-electron chi connectivity index (χ4n) is 4.01. The molecular formula is C17H22FN3O. The van der Waals surface area contributed by atoms with Crippen LogP contribution in [0, 0.1) is 5.82 Å². The minimum Gasteiger partial charge on any atom is -0.375 e. The van der Waals surface area contributed by atoms with Crippen LogP contribution in [0.4, 0.5) is 4.39 Å². The second-order valence-electron chi connectivity index (χ2n) is 6.28. The molecule has 2 aromatic rings. The highest BCUT2D eigenvalue weighted by Gasteiger charge is 2.36. The largest absolute Gasteiger partial charge is 0.375 e. The quantitative estimate of drug-likeness (QED) is 0.873. The first-order chi connectivity index (χ1) is 10.8. The molecule has 1 aromatic heterocycles. The first-order valence-corrected chi connectivity index (χ1v) is 8.26. The summed E-state index contributed by atoms with van der Waals surface area (Å²) in [5.41, 5.74) is 1.78. The Morgan fingerprint density at radius 2 is 2.27 bits per heavy atom. The van der Waals surface area contributed by atoms with Gasteiger partial charge in [-0.05, 0) is 38.3 Å². The van der Waals surface area contributed by atoms with Gasteiger partial charge in [-0.1, -0.05) is 0 Å². The number of halogens is 1. The Hall–Kier alpha value is -1.46. The second-order valence-corrected chi connectivity index (χ2v) is 6.28. The van der Waals surface area contributed by atoms with Crippen molar-refractivity contribution in [1.29, 1.82) is 0 Å². The van der Waals surface area contributed by atoms with Gasteiger partial charge in [0.05, 0.1) is 30.3 Å². The number of nitrogens with zero attached hydrogens (tertiary/aromatic N) is 3. The summed E-state index contributed by atoms with van der Waals surface area (Å²) in [5.74, 6) is 0.817. The van der Waals surface area contributed by atoms with Gasteiger partial charge in [0.15, 0.2) is 0 Å². The van der Waals surface area contributed by atoms with Crippen molar-refractivity contribution in [2.45, 2.75) is 51.4 Å². The summed E-state index contributed by atoms with van der Waals surface area (Å²) < 4.78 is 21.5. The lowest BCUT2D eigenvalue weighted by Crippen LogP contribution is -2.48. The van der Waals surface area contributed by atoms with Crippen LogP contribution in [0.3, 0.4) is 0 Å². The number of aryl methyl sites for hydroxylation is 1. The van der Waals surface area contributed by atoms with Crippen molar-refractivity contribution in [2.75, 3.05) is 13.2 Å². The number of fused-ring (bicyclic) bond motifs is 2. The van der Waals surface area contributed by atoms with E-state index in [9.17, 15) is 4.39 Å². The Bertz CT molecular complexity index is 684. The first-order valence-electron chi connectivity index (χ1n) is 8.26. The molecule has 0 unspecified atom stereocenters. The van der Waals surface area contributed by atoms with Crippen molar-refractivity contribution in [1.82, 2.24) is 14.5 Å². The Kier molecular flexibility index (Phi) is 3.62. The summed E-state index contributed by atoms with van der Waals surface area (Å²) in [7, 11) is 0. The number of hydrogen-bond donors (Lipinski definition) is 0. The molecule has 0 spiro atoms. The predicted octanol–water partition coefficient (Wildman–Crippen LogP) is 2.95.